The first-order valence-electron chi connectivity index (χ1n) is 10.9. The summed E-state index contributed by atoms with van der Waals surface area (Å²) >= 11 is 8.61. The van der Waals surface area contributed by atoms with E-state index in [1.807, 2.05) is 25.1 Å². The van der Waals surface area contributed by atoms with Crippen LogP contribution in [-0.2, 0) is 4.79 Å². The van der Waals surface area contributed by atoms with Crippen LogP contribution in [0.15, 0.2) is 48.7 Å². The van der Waals surface area contributed by atoms with Gasteiger partial charge in [-0.15, -0.1) is 0 Å². The number of imidazole rings is 1. The molecule has 1 fully saturated rings. The van der Waals surface area contributed by atoms with Gasteiger partial charge in [-0.3, -0.25) is 9.69 Å². The van der Waals surface area contributed by atoms with Crippen LogP contribution in [0.2, 0.25) is 5.02 Å². The number of aromatic nitrogens is 2. The number of carbonyl (C=O) groups excluding carboxylic acids is 2. The van der Waals surface area contributed by atoms with E-state index in [-0.39, 0.29) is 19.1 Å². The van der Waals surface area contributed by atoms with E-state index in [1.165, 1.54) is 4.90 Å². The molecule has 0 saturated carbocycles. The topological polar surface area (TPSA) is 108 Å². The van der Waals surface area contributed by atoms with Crippen molar-refractivity contribution in [2.45, 2.75) is 31.8 Å². The predicted octanol–water partition coefficient (Wildman–Crippen LogP) is 4.84. The van der Waals surface area contributed by atoms with E-state index in [9.17, 15) is 9.59 Å². The Morgan fingerprint density at radius 3 is 2.68 bits per heavy atom. The zero-order valence-electron chi connectivity index (χ0n) is 18.4. The second-order valence-corrected chi connectivity index (χ2v) is 9.50. The van der Waals surface area contributed by atoms with Crippen molar-refractivity contribution in [2.24, 2.45) is 0 Å². The number of nitrogens with zero attached hydrogens (tertiary/aromatic N) is 2. The summed E-state index contributed by atoms with van der Waals surface area (Å²) in [5, 5.41) is 12.3. The fourth-order valence-electron chi connectivity index (χ4n) is 3.95. The maximum absolute atomic E-state index is 13.3. The molecule has 1 saturated heterocycles. The lowest BCUT2D eigenvalue weighted by atomic mass is 10.1. The van der Waals surface area contributed by atoms with Crippen molar-refractivity contribution in [2.75, 3.05) is 13.2 Å². The lowest BCUT2D eigenvalue weighted by Gasteiger charge is -2.23. The molecule has 0 bridgehead atoms. The lowest BCUT2D eigenvalue weighted by Crippen LogP contribution is -2.35. The molecule has 1 aromatic heterocycles. The average molecular weight is 595 g/mol. The van der Waals surface area contributed by atoms with E-state index in [4.69, 9.17) is 21.4 Å². The number of rotatable bonds is 9. The summed E-state index contributed by atoms with van der Waals surface area (Å²) in [5.41, 5.74) is 2.17. The molecule has 1 aliphatic rings. The summed E-state index contributed by atoms with van der Waals surface area (Å²) in [6.07, 6.45) is 2.99. The number of aromatic amines is 1. The van der Waals surface area contributed by atoms with Gasteiger partial charge in [0.05, 0.1) is 29.6 Å². The highest BCUT2D eigenvalue weighted by molar-refractivity contribution is 14.1. The Balaban J connectivity index is 1.58. The van der Waals surface area contributed by atoms with Crippen LogP contribution in [0.25, 0.3) is 11.3 Å². The van der Waals surface area contributed by atoms with Crippen LogP contribution in [0.5, 0.6) is 5.75 Å². The Morgan fingerprint density at radius 2 is 2.00 bits per heavy atom. The van der Waals surface area contributed by atoms with Gasteiger partial charge in [-0.25, -0.2) is 9.78 Å². The molecule has 3 N–H and O–H groups in total. The minimum Gasteiger partial charge on any atom is -0.491 e. The van der Waals surface area contributed by atoms with E-state index >= 15 is 0 Å². The Morgan fingerprint density at radius 1 is 1.24 bits per heavy atom. The van der Waals surface area contributed by atoms with Crippen molar-refractivity contribution in [3.8, 4) is 17.0 Å². The first-order chi connectivity index (χ1) is 16.4. The SMILES string of the molecule is CCC[C@H](c1ncc(-c2ccc(I)cc2Cl)[nH]1)N1C(=O)NC(c2ccc(OCCO)cc2)C1=O. The number of aliphatic hydroxyl groups excluding tert-OH is 1. The molecular formula is C24H24ClIN4O4. The number of halogens is 2. The van der Waals surface area contributed by atoms with Crippen LogP contribution in [0.4, 0.5) is 4.79 Å². The number of carbonyl (C=O) groups is 2. The summed E-state index contributed by atoms with van der Waals surface area (Å²) in [4.78, 5) is 35.3. The first-order valence-corrected chi connectivity index (χ1v) is 12.4. The molecular weight excluding hydrogens is 571 g/mol. The van der Waals surface area contributed by atoms with Crippen molar-refractivity contribution in [3.05, 3.63) is 68.6 Å². The molecule has 1 unspecified atom stereocenters. The van der Waals surface area contributed by atoms with E-state index in [0.717, 1.165) is 21.2 Å². The molecule has 2 aromatic carbocycles. The van der Waals surface area contributed by atoms with Gasteiger partial charge in [-0.05, 0) is 58.8 Å². The van der Waals surface area contributed by atoms with Gasteiger partial charge in [-0.1, -0.05) is 43.1 Å². The standard InChI is InChI=1S/C24H24ClIN4O4/c1-2-3-20(22-27-13-19(28-22)17-9-6-15(26)12-18(17)25)30-23(32)21(29-24(30)33)14-4-7-16(8-5-14)34-11-10-31/h4-9,12-13,20-21,31H,2-3,10-11H2,1H3,(H,27,28)(H,29,33)/t20-,21?/m1/s1. The molecule has 3 amide bonds. The van der Waals surface area contributed by atoms with Gasteiger partial charge in [-0.2, -0.15) is 0 Å². The van der Waals surface area contributed by atoms with Crippen LogP contribution in [-0.4, -0.2) is 45.1 Å². The van der Waals surface area contributed by atoms with Gasteiger partial charge in [0.25, 0.3) is 5.91 Å². The minimum absolute atomic E-state index is 0.0863. The minimum atomic E-state index is -0.793. The highest BCUT2D eigenvalue weighted by Gasteiger charge is 2.43. The number of amides is 3. The second kappa shape index (κ2) is 10.7. The molecule has 3 aromatic rings. The molecule has 0 spiro atoms. The zero-order valence-corrected chi connectivity index (χ0v) is 21.3. The predicted molar refractivity (Wildman–Crippen MR) is 137 cm³/mol. The average Bonchev–Trinajstić information content (AvgIpc) is 3.41. The number of benzene rings is 2. The summed E-state index contributed by atoms with van der Waals surface area (Å²) in [6.45, 7) is 2.09. The summed E-state index contributed by atoms with van der Waals surface area (Å²) in [5.74, 6) is 0.772. The fraction of sp³-hybridized carbons (Fsp3) is 0.292. The van der Waals surface area contributed by atoms with Gasteiger partial charge in [0.2, 0.25) is 0 Å². The van der Waals surface area contributed by atoms with Crippen LogP contribution in [0.1, 0.15) is 43.2 Å². The lowest BCUT2D eigenvalue weighted by molar-refractivity contribution is -0.129. The highest BCUT2D eigenvalue weighted by Crippen LogP contribution is 2.34. The van der Waals surface area contributed by atoms with E-state index < -0.39 is 18.1 Å². The van der Waals surface area contributed by atoms with Crippen molar-refractivity contribution in [3.63, 3.8) is 0 Å². The van der Waals surface area contributed by atoms with Crippen LogP contribution < -0.4 is 10.1 Å². The van der Waals surface area contributed by atoms with Gasteiger partial charge in [0.1, 0.15) is 24.2 Å². The summed E-state index contributed by atoms with van der Waals surface area (Å²) in [6, 6.07) is 10.8. The number of hydrogen-bond donors (Lipinski definition) is 3. The maximum atomic E-state index is 13.3. The number of H-pyrrole nitrogens is 1. The molecule has 8 nitrogen and oxygen atoms in total. The van der Waals surface area contributed by atoms with Crippen molar-refractivity contribution in [1.29, 1.82) is 0 Å². The molecule has 34 heavy (non-hydrogen) atoms. The van der Waals surface area contributed by atoms with Gasteiger partial charge < -0.3 is 20.1 Å². The van der Waals surface area contributed by atoms with Crippen LogP contribution in [0, 0.1) is 3.57 Å². The third-order valence-electron chi connectivity index (χ3n) is 5.55. The van der Waals surface area contributed by atoms with E-state index in [2.05, 4.69) is 37.9 Å². The third-order valence-corrected chi connectivity index (χ3v) is 6.53. The molecule has 0 radical (unpaired) electrons. The second-order valence-electron chi connectivity index (χ2n) is 7.84. The van der Waals surface area contributed by atoms with Gasteiger partial charge >= 0.3 is 6.03 Å². The maximum Gasteiger partial charge on any atom is 0.325 e. The van der Waals surface area contributed by atoms with E-state index in [1.54, 1.807) is 30.5 Å². The first kappa shape index (κ1) is 24.5. The Bertz CT molecular complexity index is 1180. The quantitative estimate of drug-likeness (QED) is 0.243. The number of imide groups is 1. The molecule has 1 aliphatic heterocycles. The highest BCUT2D eigenvalue weighted by atomic mass is 127. The molecule has 178 valence electrons. The fourth-order valence-corrected chi connectivity index (χ4v) is 4.90. The number of aliphatic hydroxyl groups is 1. The Hall–Kier alpha value is -2.63. The van der Waals surface area contributed by atoms with Crippen molar-refractivity contribution < 1.29 is 19.4 Å². The number of hydrogen-bond acceptors (Lipinski definition) is 5. The van der Waals surface area contributed by atoms with E-state index in [0.29, 0.717) is 28.6 Å². The smallest absolute Gasteiger partial charge is 0.325 e. The zero-order chi connectivity index (χ0) is 24.2. The van der Waals surface area contributed by atoms with Crippen molar-refractivity contribution in [1.82, 2.24) is 20.2 Å². The number of urea groups is 1. The van der Waals surface area contributed by atoms with Crippen molar-refractivity contribution >= 4 is 46.1 Å². The summed E-state index contributed by atoms with van der Waals surface area (Å²) < 4.78 is 6.39. The largest absolute Gasteiger partial charge is 0.491 e. The normalized spacial score (nSPS) is 16.6. The number of nitrogens with one attached hydrogen (secondary N) is 2. The van der Waals surface area contributed by atoms with Gasteiger partial charge in [0.15, 0.2) is 0 Å². The molecule has 2 heterocycles. The number of ether oxygens (including phenoxy) is 1. The third kappa shape index (κ3) is 5.06. The van der Waals surface area contributed by atoms with Crippen LogP contribution >= 0.6 is 34.2 Å². The molecule has 2 atom stereocenters. The van der Waals surface area contributed by atoms with Crippen LogP contribution in [0.3, 0.4) is 0 Å². The molecule has 0 aliphatic carbocycles. The molecule has 4 rings (SSSR count). The molecule has 10 heteroatoms. The van der Waals surface area contributed by atoms with Gasteiger partial charge in [0, 0.05) is 9.13 Å². The Kier molecular flexibility index (Phi) is 7.74. The Labute approximate surface area is 215 Å². The summed E-state index contributed by atoms with van der Waals surface area (Å²) in [7, 11) is 0. The monoisotopic (exact) mass is 594 g/mol.